The minimum absolute atomic E-state index is 0.248. The van der Waals surface area contributed by atoms with Gasteiger partial charge in [-0.2, -0.15) is 0 Å². The SMILES string of the molecule is NC1CCC(S(=O)c2cccc(Cl)c2)CC1. The molecule has 1 aliphatic rings. The highest BCUT2D eigenvalue weighted by atomic mass is 35.5. The van der Waals surface area contributed by atoms with Gasteiger partial charge in [0.25, 0.3) is 0 Å². The molecule has 1 unspecified atom stereocenters. The van der Waals surface area contributed by atoms with E-state index in [-0.39, 0.29) is 5.25 Å². The van der Waals surface area contributed by atoms with Crippen molar-refractivity contribution in [2.45, 2.75) is 41.9 Å². The molecule has 2 rings (SSSR count). The number of rotatable bonds is 2. The number of hydrogen-bond donors (Lipinski definition) is 1. The predicted octanol–water partition coefficient (Wildman–Crippen LogP) is 2.72. The molecule has 88 valence electrons. The molecule has 4 heteroatoms. The molecule has 0 saturated heterocycles. The summed E-state index contributed by atoms with van der Waals surface area (Å²) in [4.78, 5) is 0.841. The van der Waals surface area contributed by atoms with Gasteiger partial charge < -0.3 is 5.73 Å². The van der Waals surface area contributed by atoms with Crippen molar-refractivity contribution in [1.82, 2.24) is 0 Å². The molecule has 1 aromatic rings. The number of benzene rings is 1. The largest absolute Gasteiger partial charge is 0.328 e. The van der Waals surface area contributed by atoms with Gasteiger partial charge in [-0.25, -0.2) is 0 Å². The minimum Gasteiger partial charge on any atom is -0.328 e. The number of halogens is 1. The zero-order valence-electron chi connectivity index (χ0n) is 9.06. The van der Waals surface area contributed by atoms with E-state index in [2.05, 4.69) is 0 Å². The van der Waals surface area contributed by atoms with E-state index in [1.54, 1.807) is 12.1 Å². The van der Waals surface area contributed by atoms with E-state index in [9.17, 15) is 4.21 Å². The summed E-state index contributed by atoms with van der Waals surface area (Å²) >= 11 is 5.90. The second kappa shape index (κ2) is 5.30. The van der Waals surface area contributed by atoms with Crippen LogP contribution in [0.4, 0.5) is 0 Å². The van der Waals surface area contributed by atoms with Crippen molar-refractivity contribution >= 4 is 22.4 Å². The number of hydrogen-bond acceptors (Lipinski definition) is 2. The normalized spacial score (nSPS) is 27.6. The Labute approximate surface area is 104 Å². The van der Waals surface area contributed by atoms with Crippen molar-refractivity contribution < 1.29 is 4.21 Å². The first-order valence-electron chi connectivity index (χ1n) is 5.58. The van der Waals surface area contributed by atoms with Crippen LogP contribution in [0.2, 0.25) is 5.02 Å². The van der Waals surface area contributed by atoms with E-state index < -0.39 is 10.8 Å². The maximum Gasteiger partial charge on any atom is 0.0561 e. The topological polar surface area (TPSA) is 43.1 Å². The molecular weight excluding hydrogens is 242 g/mol. The summed E-state index contributed by atoms with van der Waals surface area (Å²) in [5, 5.41) is 0.900. The Kier molecular flexibility index (Phi) is 4.00. The average molecular weight is 258 g/mol. The Hall–Kier alpha value is -0.380. The first kappa shape index (κ1) is 12.1. The Bertz CT molecular complexity index is 388. The van der Waals surface area contributed by atoms with Gasteiger partial charge in [0.05, 0.1) is 10.8 Å². The Morgan fingerprint density at radius 3 is 2.56 bits per heavy atom. The second-order valence-electron chi connectivity index (χ2n) is 4.29. The Morgan fingerprint density at radius 2 is 1.94 bits per heavy atom. The third kappa shape index (κ3) is 2.84. The Balaban J connectivity index is 2.08. The minimum atomic E-state index is -0.935. The fourth-order valence-electron chi connectivity index (χ4n) is 2.09. The van der Waals surface area contributed by atoms with E-state index in [1.165, 1.54) is 0 Å². The molecule has 0 spiro atoms. The third-order valence-corrected chi connectivity index (χ3v) is 5.08. The summed E-state index contributed by atoms with van der Waals surface area (Å²) in [6.45, 7) is 0. The highest BCUT2D eigenvalue weighted by Gasteiger charge is 2.24. The summed E-state index contributed by atoms with van der Waals surface area (Å²) in [5.74, 6) is 0. The highest BCUT2D eigenvalue weighted by Crippen LogP contribution is 2.26. The molecular formula is C12H16ClNOS. The molecule has 1 saturated carbocycles. The van der Waals surface area contributed by atoms with Crippen LogP contribution in [-0.2, 0) is 10.8 Å². The summed E-state index contributed by atoms with van der Waals surface area (Å²) in [5.41, 5.74) is 5.84. The van der Waals surface area contributed by atoms with Gasteiger partial charge in [0.15, 0.2) is 0 Å². The van der Waals surface area contributed by atoms with Gasteiger partial charge in [-0.15, -0.1) is 0 Å². The fraction of sp³-hybridized carbons (Fsp3) is 0.500. The van der Waals surface area contributed by atoms with Crippen molar-refractivity contribution in [3.8, 4) is 0 Å². The van der Waals surface area contributed by atoms with Gasteiger partial charge in [0.2, 0.25) is 0 Å². The lowest BCUT2D eigenvalue weighted by Crippen LogP contribution is -2.31. The van der Waals surface area contributed by atoms with Crippen LogP contribution in [0.25, 0.3) is 0 Å². The van der Waals surface area contributed by atoms with E-state index in [4.69, 9.17) is 17.3 Å². The summed E-state index contributed by atoms with van der Waals surface area (Å²) < 4.78 is 12.3. The molecule has 16 heavy (non-hydrogen) atoms. The predicted molar refractivity (Wildman–Crippen MR) is 68.1 cm³/mol. The van der Waals surface area contributed by atoms with Crippen LogP contribution >= 0.6 is 11.6 Å². The van der Waals surface area contributed by atoms with Gasteiger partial charge in [-0.1, -0.05) is 17.7 Å². The second-order valence-corrected chi connectivity index (χ2v) is 6.46. The zero-order chi connectivity index (χ0) is 11.5. The van der Waals surface area contributed by atoms with Crippen LogP contribution in [-0.4, -0.2) is 15.5 Å². The van der Waals surface area contributed by atoms with Crippen LogP contribution in [0.3, 0.4) is 0 Å². The van der Waals surface area contributed by atoms with Crippen LogP contribution in [0, 0.1) is 0 Å². The first-order chi connectivity index (χ1) is 7.66. The van der Waals surface area contributed by atoms with Crippen molar-refractivity contribution in [1.29, 1.82) is 0 Å². The fourth-order valence-corrected chi connectivity index (χ4v) is 3.88. The molecule has 2 nitrogen and oxygen atoms in total. The molecule has 0 heterocycles. The quantitative estimate of drug-likeness (QED) is 0.885. The van der Waals surface area contributed by atoms with Crippen molar-refractivity contribution in [2.75, 3.05) is 0 Å². The van der Waals surface area contributed by atoms with Gasteiger partial charge in [-0.05, 0) is 43.9 Å². The summed E-state index contributed by atoms with van der Waals surface area (Å²) in [7, 11) is -0.935. The van der Waals surface area contributed by atoms with Crippen LogP contribution in [0.5, 0.6) is 0 Å². The maximum atomic E-state index is 12.3. The van der Waals surface area contributed by atoms with Crippen LogP contribution in [0.1, 0.15) is 25.7 Å². The lowest BCUT2D eigenvalue weighted by Gasteiger charge is -2.25. The molecule has 1 aliphatic carbocycles. The molecule has 1 aromatic carbocycles. The maximum absolute atomic E-state index is 12.3. The monoisotopic (exact) mass is 257 g/mol. The van der Waals surface area contributed by atoms with Gasteiger partial charge >= 0.3 is 0 Å². The molecule has 1 fully saturated rings. The summed E-state index contributed by atoms with van der Waals surface area (Å²) in [6.07, 6.45) is 3.88. The van der Waals surface area contributed by atoms with E-state index in [0.717, 1.165) is 30.6 Å². The van der Waals surface area contributed by atoms with Crippen LogP contribution < -0.4 is 5.73 Å². The lowest BCUT2D eigenvalue weighted by molar-refractivity contribution is 0.444. The van der Waals surface area contributed by atoms with Crippen molar-refractivity contribution in [2.24, 2.45) is 5.73 Å². The van der Waals surface area contributed by atoms with Crippen LogP contribution in [0.15, 0.2) is 29.2 Å². The highest BCUT2D eigenvalue weighted by molar-refractivity contribution is 7.85. The molecule has 0 amide bonds. The van der Waals surface area contributed by atoms with Gasteiger partial charge in [0, 0.05) is 21.2 Å². The molecule has 0 aliphatic heterocycles. The molecule has 0 radical (unpaired) electrons. The summed E-state index contributed by atoms with van der Waals surface area (Å²) in [6, 6.07) is 7.64. The van der Waals surface area contributed by atoms with E-state index in [1.807, 2.05) is 12.1 Å². The van der Waals surface area contributed by atoms with Crippen molar-refractivity contribution in [3.63, 3.8) is 0 Å². The lowest BCUT2D eigenvalue weighted by atomic mass is 9.96. The standard InChI is InChI=1S/C12H16ClNOS/c13-9-2-1-3-12(8-9)16(15)11-6-4-10(14)5-7-11/h1-3,8,10-11H,4-7,14H2. The smallest absolute Gasteiger partial charge is 0.0561 e. The van der Waals surface area contributed by atoms with Gasteiger partial charge in [-0.3, -0.25) is 4.21 Å². The first-order valence-corrected chi connectivity index (χ1v) is 7.17. The average Bonchev–Trinajstić information content (AvgIpc) is 2.29. The molecule has 2 N–H and O–H groups in total. The molecule has 1 atom stereocenters. The zero-order valence-corrected chi connectivity index (χ0v) is 10.6. The van der Waals surface area contributed by atoms with Crippen molar-refractivity contribution in [3.05, 3.63) is 29.3 Å². The molecule has 0 aromatic heterocycles. The van der Waals surface area contributed by atoms with Gasteiger partial charge in [0.1, 0.15) is 0 Å². The van der Waals surface area contributed by atoms with E-state index >= 15 is 0 Å². The number of nitrogens with two attached hydrogens (primary N) is 1. The molecule has 0 bridgehead atoms. The van der Waals surface area contributed by atoms with E-state index in [0.29, 0.717) is 11.1 Å². The third-order valence-electron chi connectivity index (χ3n) is 3.05. The Morgan fingerprint density at radius 1 is 1.25 bits per heavy atom.